The molecule has 1 heterocycles. The van der Waals surface area contributed by atoms with Crippen molar-refractivity contribution in [2.45, 2.75) is 6.61 Å². The number of rotatable bonds is 6. The smallest absolute Gasteiger partial charge is 0.493 e. The Bertz CT molecular complexity index is 477. The van der Waals surface area contributed by atoms with Crippen molar-refractivity contribution in [1.29, 1.82) is 0 Å². The van der Waals surface area contributed by atoms with Crippen molar-refractivity contribution < 1.29 is 33.4 Å². The maximum absolute atomic E-state index is 11.3. The van der Waals surface area contributed by atoms with Gasteiger partial charge in [-0.1, -0.05) is 0 Å². The van der Waals surface area contributed by atoms with Crippen LogP contribution < -0.4 is 20.1 Å². The topological polar surface area (TPSA) is 84.5 Å². The Labute approximate surface area is 115 Å². The molecule has 1 aromatic carbocycles. The highest BCUT2D eigenvalue weighted by atomic mass is 16.9. The van der Waals surface area contributed by atoms with E-state index in [0.717, 1.165) is 0 Å². The average Bonchev–Trinajstić information content (AvgIpc) is 2.92. The fourth-order valence-electron chi connectivity index (χ4n) is 1.54. The summed E-state index contributed by atoms with van der Waals surface area (Å²) in [4.78, 5) is 21.3. The first kappa shape index (κ1) is 14.2. The minimum atomic E-state index is -0.767. The molecular formula is C12H15NO7. The summed E-state index contributed by atoms with van der Waals surface area (Å²) >= 11 is 0. The first-order valence-corrected chi connectivity index (χ1v) is 5.82. The number of hydrogen-bond donors (Lipinski definition) is 1. The molecule has 1 aliphatic heterocycles. The van der Waals surface area contributed by atoms with Crippen molar-refractivity contribution in [2.24, 2.45) is 0 Å². The van der Waals surface area contributed by atoms with Crippen molar-refractivity contribution in [3.05, 3.63) is 17.7 Å². The fourth-order valence-corrected chi connectivity index (χ4v) is 1.54. The van der Waals surface area contributed by atoms with E-state index in [-0.39, 0.29) is 13.2 Å². The summed E-state index contributed by atoms with van der Waals surface area (Å²) in [5.41, 5.74) is 2.94. The molecule has 110 valence electrons. The molecule has 0 saturated carbocycles. The van der Waals surface area contributed by atoms with E-state index in [2.05, 4.69) is 5.64 Å². The molecule has 8 heteroatoms. The Morgan fingerprint density at radius 2 is 2.05 bits per heavy atom. The zero-order valence-corrected chi connectivity index (χ0v) is 11.1. The zero-order valence-electron chi connectivity index (χ0n) is 11.1. The van der Waals surface area contributed by atoms with Gasteiger partial charge in [-0.2, -0.15) is 0 Å². The second-order valence-electron chi connectivity index (χ2n) is 3.79. The number of carbonyl (C=O) groups excluding carboxylic acids is 1. The van der Waals surface area contributed by atoms with E-state index >= 15 is 0 Å². The molecule has 1 aromatic rings. The second-order valence-corrected chi connectivity index (χ2v) is 3.79. The predicted octanol–water partition coefficient (Wildman–Crippen LogP) is 1.19. The molecule has 0 fully saturated rings. The molecule has 1 N–H and O–H groups in total. The molecule has 0 radical (unpaired) electrons. The lowest BCUT2D eigenvalue weighted by Gasteiger charge is -2.08. The number of benzene rings is 1. The van der Waals surface area contributed by atoms with E-state index in [1.807, 2.05) is 0 Å². The van der Waals surface area contributed by atoms with Gasteiger partial charge in [0, 0.05) is 12.8 Å². The van der Waals surface area contributed by atoms with Crippen molar-refractivity contribution in [3.8, 4) is 17.2 Å². The van der Waals surface area contributed by atoms with E-state index < -0.39 is 6.16 Å². The molecular weight excluding hydrogens is 270 g/mol. The summed E-state index contributed by atoms with van der Waals surface area (Å²) in [6, 6.07) is 3.35. The van der Waals surface area contributed by atoms with Crippen LogP contribution in [0.4, 0.5) is 4.79 Å². The molecule has 0 bridgehead atoms. The molecule has 2 rings (SSSR count). The Morgan fingerprint density at radius 1 is 1.20 bits per heavy atom. The van der Waals surface area contributed by atoms with Gasteiger partial charge in [0.1, 0.15) is 13.2 Å². The normalized spacial score (nSPS) is 12.1. The van der Waals surface area contributed by atoms with Gasteiger partial charge in [0.25, 0.3) is 0 Å². The highest BCUT2D eigenvalue weighted by molar-refractivity contribution is 5.60. The number of carbonyl (C=O) groups is 1. The van der Waals surface area contributed by atoms with Gasteiger partial charge in [0.2, 0.25) is 5.75 Å². The molecule has 0 saturated heterocycles. The zero-order chi connectivity index (χ0) is 14.4. The van der Waals surface area contributed by atoms with Gasteiger partial charge in [0.05, 0.1) is 13.7 Å². The van der Waals surface area contributed by atoms with Crippen LogP contribution in [0.15, 0.2) is 12.1 Å². The maximum atomic E-state index is 11.3. The molecule has 8 nitrogen and oxygen atoms in total. The van der Waals surface area contributed by atoms with Crippen LogP contribution in [0.25, 0.3) is 0 Å². The Morgan fingerprint density at radius 3 is 2.80 bits per heavy atom. The maximum Gasteiger partial charge on any atom is 0.508 e. The van der Waals surface area contributed by atoms with Gasteiger partial charge in [-0.15, -0.1) is 0 Å². The van der Waals surface area contributed by atoms with E-state index in [1.54, 1.807) is 12.1 Å². The van der Waals surface area contributed by atoms with E-state index in [0.29, 0.717) is 29.4 Å². The van der Waals surface area contributed by atoms with Crippen LogP contribution in [0.3, 0.4) is 0 Å². The van der Waals surface area contributed by atoms with Crippen molar-refractivity contribution in [3.63, 3.8) is 0 Å². The standard InChI is InChI=1S/C12H15NO7/c1-15-3-4-17-12(14)18-7-8-5-9(16-2)11-10(6-8)19-13-20-11/h5-6,13H,3-4,7H2,1-2H3. The predicted molar refractivity (Wildman–Crippen MR) is 65.4 cm³/mol. The van der Waals surface area contributed by atoms with Crippen LogP contribution in [0, 0.1) is 0 Å². The third kappa shape index (κ3) is 3.43. The average molecular weight is 285 g/mol. The van der Waals surface area contributed by atoms with Gasteiger partial charge in [-0.05, 0) is 17.7 Å². The van der Waals surface area contributed by atoms with E-state index in [4.69, 9.17) is 28.6 Å². The fraction of sp³-hybridized carbons (Fsp3) is 0.417. The second kappa shape index (κ2) is 6.83. The van der Waals surface area contributed by atoms with Crippen LogP contribution in [-0.4, -0.2) is 33.6 Å². The highest BCUT2D eigenvalue weighted by Crippen LogP contribution is 2.40. The van der Waals surface area contributed by atoms with Crippen LogP contribution >= 0.6 is 0 Å². The highest BCUT2D eigenvalue weighted by Gasteiger charge is 2.21. The largest absolute Gasteiger partial charge is 0.508 e. The molecule has 1 aliphatic rings. The quantitative estimate of drug-likeness (QED) is 0.616. The molecule has 0 atom stereocenters. The number of fused-ring (bicyclic) bond motifs is 1. The Kier molecular flexibility index (Phi) is 4.85. The third-order valence-electron chi connectivity index (χ3n) is 2.46. The first-order chi connectivity index (χ1) is 9.74. The van der Waals surface area contributed by atoms with Gasteiger partial charge in [-0.3, -0.25) is 0 Å². The summed E-state index contributed by atoms with van der Waals surface area (Å²) in [5, 5.41) is 0. The first-order valence-electron chi connectivity index (χ1n) is 5.82. The summed E-state index contributed by atoms with van der Waals surface area (Å²) < 4.78 is 19.6. The Balaban J connectivity index is 1.91. The summed E-state index contributed by atoms with van der Waals surface area (Å²) in [5.74, 6) is 1.37. The molecule has 0 aromatic heterocycles. The minimum Gasteiger partial charge on any atom is -0.493 e. The number of methoxy groups -OCH3 is 2. The lowest BCUT2D eigenvalue weighted by Crippen LogP contribution is -2.14. The lowest BCUT2D eigenvalue weighted by molar-refractivity contribution is 0.0245. The molecule has 0 unspecified atom stereocenters. The SMILES string of the molecule is COCCOC(=O)OCc1cc(OC)c2c(c1)ONO2. The summed E-state index contributed by atoms with van der Waals surface area (Å²) in [7, 11) is 3.02. The van der Waals surface area contributed by atoms with E-state index in [1.165, 1.54) is 14.2 Å². The molecule has 20 heavy (non-hydrogen) atoms. The monoisotopic (exact) mass is 285 g/mol. The van der Waals surface area contributed by atoms with Crippen LogP contribution in [0.5, 0.6) is 17.2 Å². The summed E-state index contributed by atoms with van der Waals surface area (Å²) in [6.45, 7) is 0.487. The third-order valence-corrected chi connectivity index (χ3v) is 2.46. The van der Waals surface area contributed by atoms with Crippen LogP contribution in [-0.2, 0) is 20.8 Å². The number of nitrogens with one attached hydrogen (secondary N) is 1. The lowest BCUT2D eigenvalue weighted by atomic mass is 10.2. The number of ether oxygens (including phenoxy) is 4. The van der Waals surface area contributed by atoms with Crippen molar-refractivity contribution in [1.82, 2.24) is 5.64 Å². The van der Waals surface area contributed by atoms with Gasteiger partial charge < -0.3 is 28.6 Å². The van der Waals surface area contributed by atoms with Crippen molar-refractivity contribution >= 4 is 6.16 Å². The van der Waals surface area contributed by atoms with Crippen LogP contribution in [0.1, 0.15) is 5.56 Å². The Hall–Kier alpha value is -2.19. The molecule has 0 spiro atoms. The summed E-state index contributed by atoms with van der Waals surface area (Å²) in [6.07, 6.45) is -0.767. The van der Waals surface area contributed by atoms with E-state index in [9.17, 15) is 4.79 Å². The van der Waals surface area contributed by atoms with Gasteiger partial charge >= 0.3 is 6.16 Å². The molecule has 0 aliphatic carbocycles. The molecule has 0 amide bonds. The number of hydrogen-bond acceptors (Lipinski definition) is 8. The van der Waals surface area contributed by atoms with Gasteiger partial charge in [0.15, 0.2) is 11.5 Å². The van der Waals surface area contributed by atoms with Crippen LogP contribution in [0.2, 0.25) is 0 Å². The van der Waals surface area contributed by atoms with Gasteiger partial charge in [-0.25, -0.2) is 4.79 Å². The van der Waals surface area contributed by atoms with Crippen molar-refractivity contribution in [2.75, 3.05) is 27.4 Å². The minimum absolute atomic E-state index is 0.0266.